The first-order chi connectivity index (χ1) is 33.3. The summed E-state index contributed by atoms with van der Waals surface area (Å²) < 4.78 is 9.92. The van der Waals surface area contributed by atoms with Gasteiger partial charge in [0, 0.05) is 48.4 Å². The van der Waals surface area contributed by atoms with Crippen molar-refractivity contribution in [1.29, 1.82) is 0 Å². The van der Waals surface area contributed by atoms with E-state index in [1.807, 2.05) is 0 Å². The Bertz CT molecular complexity index is 3620. The second kappa shape index (κ2) is 14.3. The fourth-order valence-electron chi connectivity index (χ4n) is 14.2. The van der Waals surface area contributed by atoms with Crippen LogP contribution in [-0.2, 0) is 37.9 Å². The molecule has 0 atom stereocenters. The van der Waals surface area contributed by atoms with Crippen LogP contribution in [0, 0.1) is 0 Å². The summed E-state index contributed by atoms with van der Waals surface area (Å²) in [4.78, 5) is 5.42. The van der Waals surface area contributed by atoms with Crippen LogP contribution in [0.15, 0.2) is 101 Å². The molecule has 0 radical (unpaired) electrons. The van der Waals surface area contributed by atoms with Gasteiger partial charge < -0.3 is 14.2 Å². The van der Waals surface area contributed by atoms with Crippen LogP contribution in [-0.4, -0.2) is 6.71 Å². The second-order valence-corrected chi connectivity index (χ2v) is 28.8. The molecule has 2 aliphatic heterocycles. The number of benzene rings is 6. The summed E-state index contributed by atoms with van der Waals surface area (Å²) in [5.74, 6) is 0. The molecule has 362 valence electrons. The lowest BCUT2D eigenvalue weighted by Gasteiger charge is -2.47. The first-order valence-electron chi connectivity index (χ1n) is 26.9. The minimum atomic E-state index is -0.139. The van der Waals surface area contributed by atoms with Gasteiger partial charge in [-0.15, -0.1) is 11.3 Å². The Morgan fingerprint density at radius 2 is 1.01 bits per heavy atom. The van der Waals surface area contributed by atoms with Crippen LogP contribution in [0.5, 0.6) is 0 Å². The Hall–Kier alpha value is -5.26. The van der Waals surface area contributed by atoms with Gasteiger partial charge in [0.05, 0.1) is 11.4 Å². The number of nitrogens with zero attached hydrogens (tertiary/aromatic N) is 2. The molecule has 0 saturated carbocycles. The Morgan fingerprint density at radius 1 is 0.479 bits per heavy atom. The maximum atomic E-state index is 7.06. The number of para-hydroxylation sites is 2. The number of anilines is 6. The lowest BCUT2D eigenvalue weighted by molar-refractivity contribution is 0.332. The average Bonchev–Trinajstić information content (AvgIpc) is 3.88. The number of rotatable bonds is 2. The summed E-state index contributed by atoms with van der Waals surface area (Å²) >= 11 is 2.07. The van der Waals surface area contributed by atoms with E-state index < -0.39 is 0 Å². The highest BCUT2D eigenvalue weighted by molar-refractivity contribution is 7.33. The van der Waals surface area contributed by atoms with Gasteiger partial charge in [0.2, 0.25) is 0 Å². The molecule has 3 nitrogen and oxygen atoms in total. The summed E-state index contributed by atoms with van der Waals surface area (Å²) in [5.41, 5.74) is 22.9. The Kier molecular flexibility index (Phi) is 9.17. The molecule has 0 saturated heterocycles. The Morgan fingerprint density at radius 3 is 1.65 bits per heavy atom. The molecule has 3 aliphatic carbocycles. The van der Waals surface area contributed by atoms with Gasteiger partial charge in [-0.3, -0.25) is 0 Å². The molecule has 2 aromatic heterocycles. The third-order valence-electron chi connectivity index (χ3n) is 19.2. The molecule has 0 fully saturated rings. The Balaban J connectivity index is 1.21. The van der Waals surface area contributed by atoms with E-state index in [1.165, 1.54) is 125 Å². The minimum Gasteiger partial charge on any atom is -0.454 e. The Labute approximate surface area is 428 Å². The maximum absolute atomic E-state index is 7.06. The van der Waals surface area contributed by atoms with Crippen LogP contribution >= 0.6 is 11.3 Å². The lowest BCUT2D eigenvalue weighted by atomic mass is 9.35. The van der Waals surface area contributed by atoms with Gasteiger partial charge in [-0.05, 0) is 181 Å². The van der Waals surface area contributed by atoms with E-state index in [1.54, 1.807) is 0 Å². The highest BCUT2D eigenvalue weighted by atomic mass is 32.1. The molecule has 0 unspecified atom stereocenters. The maximum Gasteiger partial charge on any atom is 0.264 e. The van der Waals surface area contributed by atoms with Gasteiger partial charge in [0.25, 0.3) is 6.71 Å². The normalized spacial score (nSPS) is 20.6. The molecule has 0 bridgehead atoms. The smallest absolute Gasteiger partial charge is 0.264 e. The van der Waals surface area contributed by atoms with Crippen molar-refractivity contribution in [2.75, 3.05) is 9.80 Å². The van der Waals surface area contributed by atoms with Gasteiger partial charge in [0.1, 0.15) is 5.58 Å². The van der Waals surface area contributed by atoms with Crippen molar-refractivity contribution in [2.45, 2.75) is 180 Å². The number of furan rings is 1. The minimum absolute atomic E-state index is 0.0230. The number of hydrogen-bond donors (Lipinski definition) is 0. The fraction of sp³-hybridized carbons (Fsp3) is 0.424. The van der Waals surface area contributed by atoms with Gasteiger partial charge in [-0.25, -0.2) is 0 Å². The van der Waals surface area contributed by atoms with E-state index in [4.69, 9.17) is 4.42 Å². The number of thiophene rings is 1. The zero-order chi connectivity index (χ0) is 49.9. The van der Waals surface area contributed by atoms with Gasteiger partial charge >= 0.3 is 0 Å². The molecule has 4 heterocycles. The zero-order valence-corrected chi connectivity index (χ0v) is 46.1. The fourth-order valence-corrected chi connectivity index (χ4v) is 15.5. The largest absolute Gasteiger partial charge is 0.454 e. The van der Waals surface area contributed by atoms with Crippen LogP contribution in [0.2, 0.25) is 0 Å². The van der Waals surface area contributed by atoms with Crippen LogP contribution in [0.25, 0.3) is 32.0 Å². The second-order valence-electron chi connectivity index (χ2n) is 27.7. The van der Waals surface area contributed by atoms with E-state index in [-0.39, 0.29) is 44.6 Å². The summed E-state index contributed by atoms with van der Waals surface area (Å²) in [7, 11) is 0. The van der Waals surface area contributed by atoms with Crippen LogP contribution in [0.1, 0.15) is 181 Å². The predicted octanol–water partition coefficient (Wildman–Crippen LogP) is 17.2. The van der Waals surface area contributed by atoms with Gasteiger partial charge in [-0.1, -0.05) is 146 Å². The van der Waals surface area contributed by atoms with E-state index in [0.717, 1.165) is 34.0 Å². The summed E-state index contributed by atoms with van der Waals surface area (Å²) in [5, 5.41) is 3.72. The van der Waals surface area contributed by atoms with Crippen molar-refractivity contribution in [3.05, 3.63) is 136 Å². The van der Waals surface area contributed by atoms with Gasteiger partial charge in [0.15, 0.2) is 5.58 Å². The number of hydrogen-bond acceptors (Lipinski definition) is 4. The molecule has 0 spiro atoms. The van der Waals surface area contributed by atoms with Crippen LogP contribution in [0.4, 0.5) is 34.1 Å². The first kappa shape index (κ1) is 45.6. The third kappa shape index (κ3) is 6.39. The van der Waals surface area contributed by atoms with Crippen LogP contribution in [0.3, 0.4) is 0 Å². The molecular weight excluding hydrogens is 880 g/mol. The monoisotopic (exact) mass is 953 g/mol. The molecule has 5 aliphatic rings. The standard InChI is InChI=1S/C66H73BN2OS/c1-60(2,3)38-31-52-56-53(32-38)69(50-21-18-20-41-40-19-16-17-22-54(40)70-58(41)50)51-36-47-46(64(10,11)28-29-65(47,12)13)35-49(51)67(56)59-57(42-34-45-48(37-55(42)71-59)66(14,15)30-27-63(45,8)9)68(52)39-23-24-43-44(33-39)62(6,7)26-25-61(43,4)5/h16-24,31-37H,25-30H2,1-15H3. The first-order valence-corrected chi connectivity index (χ1v) is 27.7. The average molecular weight is 953 g/mol. The molecule has 0 amide bonds. The zero-order valence-electron chi connectivity index (χ0n) is 45.3. The quantitative estimate of drug-likeness (QED) is 0.161. The van der Waals surface area contributed by atoms with Crippen molar-refractivity contribution < 1.29 is 4.42 Å². The number of fused-ring (bicyclic) bond motifs is 12. The SMILES string of the molecule is CC(C)(C)c1cc2c3c(c1)N(c1cccc4c1oc1ccccc14)c1cc4c(cc1B3c1sc3cc5c(cc3c1N2c1ccc2c(c1)C(C)(C)CCC2(C)C)C(C)(C)CCC5(C)C)C(C)(C)CCC4(C)C. The van der Waals surface area contributed by atoms with E-state index in [2.05, 4.69) is 222 Å². The highest BCUT2D eigenvalue weighted by Crippen LogP contribution is 2.56. The molecule has 6 aromatic carbocycles. The molecular formula is C66H73BN2OS. The van der Waals surface area contributed by atoms with E-state index in [9.17, 15) is 0 Å². The highest BCUT2D eigenvalue weighted by Gasteiger charge is 2.50. The topological polar surface area (TPSA) is 19.6 Å². The van der Waals surface area contributed by atoms with Crippen molar-refractivity contribution in [2.24, 2.45) is 0 Å². The van der Waals surface area contributed by atoms with E-state index in [0.29, 0.717) is 0 Å². The van der Waals surface area contributed by atoms with Crippen LogP contribution < -0.4 is 25.5 Å². The summed E-state index contributed by atoms with van der Waals surface area (Å²) in [6.07, 6.45) is 7.08. The van der Waals surface area contributed by atoms with Crippen molar-refractivity contribution in [3.63, 3.8) is 0 Å². The summed E-state index contributed by atoms with van der Waals surface area (Å²) in [6.45, 7) is 37.0. The van der Waals surface area contributed by atoms with Gasteiger partial charge in [-0.2, -0.15) is 0 Å². The molecule has 0 N–H and O–H groups in total. The van der Waals surface area contributed by atoms with Crippen molar-refractivity contribution in [1.82, 2.24) is 0 Å². The summed E-state index contributed by atoms with van der Waals surface area (Å²) in [6, 6.07) is 38.9. The van der Waals surface area contributed by atoms with Crippen molar-refractivity contribution in [3.8, 4) is 0 Å². The predicted molar refractivity (Wildman–Crippen MR) is 308 cm³/mol. The molecule has 5 heteroatoms. The molecule has 13 rings (SSSR count). The molecule has 8 aromatic rings. The third-order valence-corrected chi connectivity index (χ3v) is 20.4. The lowest BCUT2D eigenvalue weighted by Crippen LogP contribution is -2.61. The van der Waals surface area contributed by atoms with Crippen molar-refractivity contribution >= 4 is 99.9 Å². The van der Waals surface area contributed by atoms with E-state index >= 15 is 0 Å². The molecule has 71 heavy (non-hydrogen) atoms.